The molecule has 2 heterocycles. The van der Waals surface area contributed by atoms with Gasteiger partial charge >= 0.3 is 6.03 Å². The fraction of sp³-hybridized carbons (Fsp3) is 0.636. The number of imide groups is 1. The Bertz CT molecular complexity index is 730. The SMILES string of the molecule is COCCN1C(=O)N(C(C)C)C(=O)C12CCN(C1Cc3ccccc3C1)CC2. The number of urea groups is 1. The zero-order valence-electron chi connectivity index (χ0n) is 17.2. The third kappa shape index (κ3) is 3.03. The molecule has 1 aliphatic carbocycles. The van der Waals surface area contributed by atoms with Gasteiger partial charge in [-0.25, -0.2) is 4.79 Å². The van der Waals surface area contributed by atoms with Gasteiger partial charge in [0.2, 0.25) is 0 Å². The quantitative estimate of drug-likeness (QED) is 0.730. The van der Waals surface area contributed by atoms with Gasteiger partial charge in [-0.15, -0.1) is 0 Å². The minimum Gasteiger partial charge on any atom is -0.383 e. The van der Waals surface area contributed by atoms with Crippen molar-refractivity contribution in [3.05, 3.63) is 35.4 Å². The summed E-state index contributed by atoms with van der Waals surface area (Å²) in [4.78, 5) is 32.1. The molecule has 152 valence electrons. The van der Waals surface area contributed by atoms with E-state index in [1.165, 1.54) is 16.0 Å². The van der Waals surface area contributed by atoms with Gasteiger partial charge in [-0.3, -0.25) is 14.6 Å². The van der Waals surface area contributed by atoms with Crippen LogP contribution in [-0.4, -0.2) is 77.6 Å². The monoisotopic (exact) mass is 385 g/mol. The van der Waals surface area contributed by atoms with Crippen molar-refractivity contribution >= 4 is 11.9 Å². The van der Waals surface area contributed by atoms with Crippen molar-refractivity contribution in [1.29, 1.82) is 0 Å². The molecule has 6 heteroatoms. The normalized spacial score (nSPS) is 22.7. The first-order chi connectivity index (χ1) is 13.5. The predicted octanol–water partition coefficient (Wildman–Crippen LogP) is 2.31. The van der Waals surface area contributed by atoms with Crippen LogP contribution in [-0.2, 0) is 22.4 Å². The van der Waals surface area contributed by atoms with Gasteiger partial charge in [-0.2, -0.15) is 0 Å². The molecule has 0 radical (unpaired) electrons. The van der Waals surface area contributed by atoms with Crippen LogP contribution in [0, 0.1) is 0 Å². The van der Waals surface area contributed by atoms with Gasteiger partial charge < -0.3 is 9.64 Å². The van der Waals surface area contributed by atoms with Crippen molar-refractivity contribution in [1.82, 2.24) is 14.7 Å². The smallest absolute Gasteiger partial charge is 0.327 e. The summed E-state index contributed by atoms with van der Waals surface area (Å²) in [5.41, 5.74) is 2.21. The van der Waals surface area contributed by atoms with E-state index in [4.69, 9.17) is 4.74 Å². The molecule has 3 aliphatic rings. The van der Waals surface area contributed by atoms with E-state index < -0.39 is 5.54 Å². The average Bonchev–Trinajstić information content (AvgIpc) is 3.19. The van der Waals surface area contributed by atoms with Gasteiger partial charge in [0.15, 0.2) is 0 Å². The lowest BCUT2D eigenvalue weighted by atomic mass is 9.85. The van der Waals surface area contributed by atoms with Crippen molar-refractivity contribution in [3.8, 4) is 0 Å². The summed E-state index contributed by atoms with van der Waals surface area (Å²) in [5.74, 6) is -0.0158. The summed E-state index contributed by atoms with van der Waals surface area (Å²) in [5, 5.41) is 0. The van der Waals surface area contributed by atoms with E-state index in [0.29, 0.717) is 32.0 Å². The summed E-state index contributed by atoms with van der Waals surface area (Å²) in [7, 11) is 1.63. The Labute approximate surface area is 167 Å². The van der Waals surface area contributed by atoms with Crippen molar-refractivity contribution < 1.29 is 14.3 Å². The molecular weight excluding hydrogens is 354 g/mol. The highest BCUT2D eigenvalue weighted by Gasteiger charge is 2.58. The first-order valence-corrected chi connectivity index (χ1v) is 10.4. The number of benzene rings is 1. The first kappa shape index (κ1) is 19.4. The second-order valence-electron chi connectivity index (χ2n) is 8.59. The predicted molar refractivity (Wildman–Crippen MR) is 107 cm³/mol. The van der Waals surface area contributed by atoms with E-state index in [1.54, 1.807) is 12.0 Å². The number of hydrogen-bond acceptors (Lipinski definition) is 4. The van der Waals surface area contributed by atoms with Crippen molar-refractivity contribution in [2.75, 3.05) is 33.4 Å². The molecule has 0 bridgehead atoms. The van der Waals surface area contributed by atoms with Gasteiger partial charge in [-0.1, -0.05) is 24.3 Å². The molecule has 4 rings (SSSR count). The number of ether oxygens (including phenoxy) is 1. The number of carbonyl (C=O) groups excluding carboxylic acids is 2. The number of nitrogens with zero attached hydrogens (tertiary/aromatic N) is 3. The molecule has 0 aromatic heterocycles. The number of fused-ring (bicyclic) bond motifs is 1. The van der Waals surface area contributed by atoms with Gasteiger partial charge in [0, 0.05) is 38.8 Å². The fourth-order valence-corrected chi connectivity index (χ4v) is 5.22. The Kier molecular flexibility index (Phi) is 5.19. The van der Waals surface area contributed by atoms with Crippen LogP contribution in [0.2, 0.25) is 0 Å². The maximum absolute atomic E-state index is 13.3. The largest absolute Gasteiger partial charge is 0.383 e. The Balaban J connectivity index is 1.49. The second-order valence-corrected chi connectivity index (χ2v) is 8.59. The highest BCUT2D eigenvalue weighted by atomic mass is 16.5. The molecule has 0 atom stereocenters. The van der Waals surface area contributed by atoms with E-state index in [1.807, 2.05) is 13.8 Å². The molecule has 3 amide bonds. The Morgan fingerprint density at radius 1 is 1.11 bits per heavy atom. The molecule has 28 heavy (non-hydrogen) atoms. The van der Waals surface area contributed by atoms with Gasteiger partial charge in [0.05, 0.1) is 6.61 Å². The summed E-state index contributed by atoms with van der Waals surface area (Å²) in [6.07, 6.45) is 3.58. The van der Waals surface area contributed by atoms with Crippen molar-refractivity contribution in [2.45, 2.75) is 57.2 Å². The number of methoxy groups -OCH3 is 1. The van der Waals surface area contributed by atoms with E-state index in [0.717, 1.165) is 25.9 Å². The van der Waals surface area contributed by atoms with Crippen LogP contribution in [0.5, 0.6) is 0 Å². The van der Waals surface area contributed by atoms with Gasteiger partial charge in [-0.05, 0) is 50.7 Å². The highest BCUT2D eigenvalue weighted by Crippen LogP contribution is 2.39. The standard InChI is InChI=1S/C22H31N3O3/c1-16(2)25-20(26)22(24(21(25)27)12-13-28-3)8-10-23(11-9-22)19-14-17-6-4-5-7-18(17)15-19/h4-7,16,19H,8-15H2,1-3H3. The molecule has 1 spiro atoms. The zero-order valence-corrected chi connectivity index (χ0v) is 17.2. The van der Waals surface area contributed by atoms with Gasteiger partial charge in [0.1, 0.15) is 5.54 Å². The minimum absolute atomic E-state index is 0.0158. The van der Waals surface area contributed by atoms with Gasteiger partial charge in [0.25, 0.3) is 5.91 Å². The number of carbonyl (C=O) groups is 2. The van der Waals surface area contributed by atoms with E-state index >= 15 is 0 Å². The lowest BCUT2D eigenvalue weighted by Gasteiger charge is -2.44. The summed E-state index contributed by atoms with van der Waals surface area (Å²) in [6.45, 7) is 6.45. The molecule has 2 aliphatic heterocycles. The molecule has 0 N–H and O–H groups in total. The molecule has 0 unspecified atom stereocenters. The van der Waals surface area contributed by atoms with E-state index in [-0.39, 0.29) is 18.0 Å². The minimum atomic E-state index is -0.693. The lowest BCUT2D eigenvalue weighted by Crippen LogP contribution is -2.58. The Hall–Kier alpha value is -1.92. The number of piperidine rings is 1. The highest BCUT2D eigenvalue weighted by molar-refractivity contribution is 6.07. The van der Waals surface area contributed by atoms with E-state index in [2.05, 4.69) is 29.2 Å². The average molecular weight is 386 g/mol. The third-order valence-corrected chi connectivity index (χ3v) is 6.78. The number of amides is 3. The maximum atomic E-state index is 13.3. The topological polar surface area (TPSA) is 53.1 Å². The first-order valence-electron chi connectivity index (χ1n) is 10.4. The number of likely N-dealkylation sites (tertiary alicyclic amines) is 1. The van der Waals surface area contributed by atoms with Crippen LogP contribution < -0.4 is 0 Å². The molecule has 1 aromatic carbocycles. The molecular formula is C22H31N3O3. The molecule has 0 saturated carbocycles. The molecule has 6 nitrogen and oxygen atoms in total. The van der Waals surface area contributed by atoms with Crippen LogP contribution in [0.4, 0.5) is 4.79 Å². The third-order valence-electron chi connectivity index (χ3n) is 6.78. The Morgan fingerprint density at radius 3 is 2.25 bits per heavy atom. The van der Waals surface area contributed by atoms with Crippen LogP contribution >= 0.6 is 0 Å². The molecule has 1 aromatic rings. The lowest BCUT2D eigenvalue weighted by molar-refractivity contribution is -0.137. The van der Waals surface area contributed by atoms with Crippen molar-refractivity contribution in [2.24, 2.45) is 0 Å². The van der Waals surface area contributed by atoms with Crippen molar-refractivity contribution in [3.63, 3.8) is 0 Å². The van der Waals surface area contributed by atoms with Crippen LogP contribution in [0.3, 0.4) is 0 Å². The fourth-order valence-electron chi connectivity index (χ4n) is 5.22. The van der Waals surface area contributed by atoms with Crippen LogP contribution in [0.25, 0.3) is 0 Å². The number of hydrogen-bond donors (Lipinski definition) is 0. The Morgan fingerprint density at radius 2 is 1.71 bits per heavy atom. The summed E-state index contributed by atoms with van der Waals surface area (Å²) < 4.78 is 5.22. The van der Waals surface area contributed by atoms with E-state index in [9.17, 15) is 9.59 Å². The summed E-state index contributed by atoms with van der Waals surface area (Å²) >= 11 is 0. The molecule has 2 fully saturated rings. The number of rotatable bonds is 5. The van der Waals surface area contributed by atoms with Crippen LogP contribution in [0.1, 0.15) is 37.8 Å². The maximum Gasteiger partial charge on any atom is 0.327 e. The van der Waals surface area contributed by atoms with Crippen LogP contribution in [0.15, 0.2) is 24.3 Å². The molecule has 2 saturated heterocycles. The second kappa shape index (κ2) is 7.48. The zero-order chi connectivity index (χ0) is 19.9. The summed E-state index contributed by atoms with van der Waals surface area (Å²) in [6, 6.07) is 8.92.